The first-order chi connectivity index (χ1) is 6.70. The van der Waals surface area contributed by atoms with Crippen molar-refractivity contribution in [3.63, 3.8) is 0 Å². The van der Waals surface area contributed by atoms with Gasteiger partial charge in [-0.25, -0.2) is 0 Å². The maximum absolute atomic E-state index is 2.47. The molecule has 1 aromatic rings. The summed E-state index contributed by atoms with van der Waals surface area (Å²) in [5.74, 6) is 0. The van der Waals surface area contributed by atoms with Crippen molar-refractivity contribution in [3.8, 4) is 0 Å². The summed E-state index contributed by atoms with van der Waals surface area (Å²) in [4.78, 5) is 4.85. The molecular weight excluding hydrogens is 172 g/mol. The summed E-state index contributed by atoms with van der Waals surface area (Å²) in [6.45, 7) is 6.75. The van der Waals surface area contributed by atoms with E-state index in [1.165, 1.54) is 11.3 Å². The molecule has 0 radical (unpaired) electrons. The third-order valence-electron chi connectivity index (χ3n) is 3.21. The summed E-state index contributed by atoms with van der Waals surface area (Å²) in [6.07, 6.45) is 0.524. The van der Waals surface area contributed by atoms with Crippen LogP contribution in [0, 0.1) is 6.92 Å². The number of nitrogens with zero attached hydrogens (tertiary/aromatic N) is 2. The Kier molecular flexibility index (Phi) is 2.46. The van der Waals surface area contributed by atoms with Gasteiger partial charge >= 0.3 is 0 Å². The Labute approximate surface area is 86.1 Å². The number of hydrogen-bond donors (Lipinski definition) is 0. The van der Waals surface area contributed by atoms with Gasteiger partial charge in [0.25, 0.3) is 0 Å². The number of anilines is 1. The lowest BCUT2D eigenvalue weighted by molar-refractivity contribution is 0.332. The van der Waals surface area contributed by atoms with E-state index in [4.69, 9.17) is 0 Å². The van der Waals surface area contributed by atoms with E-state index in [9.17, 15) is 0 Å². The standard InChI is InChI=1S/C12H18N2/c1-10-6-4-5-7-12(10)14-9-8-13(3)11(14)2/h4-7,11H,8-9H2,1-3H3/t11-/m0/s1. The van der Waals surface area contributed by atoms with Crippen molar-refractivity contribution < 1.29 is 0 Å². The molecule has 1 saturated heterocycles. The molecule has 0 N–H and O–H groups in total. The zero-order valence-electron chi connectivity index (χ0n) is 9.20. The Morgan fingerprint density at radius 1 is 1.21 bits per heavy atom. The quantitative estimate of drug-likeness (QED) is 0.669. The van der Waals surface area contributed by atoms with Crippen LogP contribution in [0.3, 0.4) is 0 Å². The van der Waals surface area contributed by atoms with Crippen molar-refractivity contribution in [2.24, 2.45) is 0 Å². The second-order valence-corrected chi connectivity index (χ2v) is 4.09. The van der Waals surface area contributed by atoms with Crippen LogP contribution in [0.5, 0.6) is 0 Å². The Morgan fingerprint density at radius 2 is 1.93 bits per heavy atom. The molecule has 2 rings (SSSR count). The molecule has 0 amide bonds. The van der Waals surface area contributed by atoms with E-state index in [0.717, 1.165) is 13.1 Å². The summed E-state index contributed by atoms with van der Waals surface area (Å²) in [5, 5.41) is 0. The van der Waals surface area contributed by atoms with Gasteiger partial charge in [-0.15, -0.1) is 0 Å². The second kappa shape index (κ2) is 3.62. The molecule has 1 heterocycles. The van der Waals surface area contributed by atoms with Crippen LogP contribution in [0.2, 0.25) is 0 Å². The van der Waals surface area contributed by atoms with Gasteiger partial charge in [-0.2, -0.15) is 0 Å². The van der Waals surface area contributed by atoms with Crippen LogP contribution in [0.1, 0.15) is 12.5 Å². The molecule has 1 aliphatic heterocycles. The third-order valence-corrected chi connectivity index (χ3v) is 3.21. The molecule has 2 nitrogen and oxygen atoms in total. The minimum absolute atomic E-state index is 0.524. The minimum atomic E-state index is 0.524. The first-order valence-corrected chi connectivity index (χ1v) is 5.22. The zero-order valence-corrected chi connectivity index (χ0v) is 9.20. The van der Waals surface area contributed by atoms with E-state index in [0.29, 0.717) is 6.17 Å². The van der Waals surface area contributed by atoms with E-state index < -0.39 is 0 Å². The molecule has 0 bridgehead atoms. The van der Waals surface area contributed by atoms with Crippen molar-refractivity contribution in [1.29, 1.82) is 0 Å². The molecule has 1 aromatic carbocycles. The van der Waals surface area contributed by atoms with Crippen molar-refractivity contribution in [3.05, 3.63) is 29.8 Å². The topological polar surface area (TPSA) is 6.48 Å². The van der Waals surface area contributed by atoms with Gasteiger partial charge in [-0.05, 0) is 32.5 Å². The van der Waals surface area contributed by atoms with Crippen molar-refractivity contribution in [1.82, 2.24) is 4.90 Å². The molecule has 0 unspecified atom stereocenters. The number of hydrogen-bond acceptors (Lipinski definition) is 2. The van der Waals surface area contributed by atoms with E-state index in [2.05, 4.69) is 55.0 Å². The maximum Gasteiger partial charge on any atom is 0.0790 e. The van der Waals surface area contributed by atoms with Gasteiger partial charge in [0.2, 0.25) is 0 Å². The van der Waals surface area contributed by atoms with Crippen LogP contribution in [0.4, 0.5) is 5.69 Å². The van der Waals surface area contributed by atoms with E-state index in [1.54, 1.807) is 0 Å². The minimum Gasteiger partial charge on any atom is -0.355 e. The van der Waals surface area contributed by atoms with Crippen LogP contribution in [-0.4, -0.2) is 31.2 Å². The lowest BCUT2D eigenvalue weighted by Gasteiger charge is -2.27. The van der Waals surface area contributed by atoms with Crippen LogP contribution in [-0.2, 0) is 0 Å². The molecule has 14 heavy (non-hydrogen) atoms. The van der Waals surface area contributed by atoms with E-state index in [1.807, 2.05) is 0 Å². The molecular formula is C12H18N2. The van der Waals surface area contributed by atoms with Gasteiger partial charge in [0.05, 0.1) is 6.17 Å². The van der Waals surface area contributed by atoms with Crippen LogP contribution in [0.25, 0.3) is 0 Å². The fourth-order valence-corrected chi connectivity index (χ4v) is 2.08. The molecule has 0 saturated carbocycles. The van der Waals surface area contributed by atoms with Gasteiger partial charge in [-0.1, -0.05) is 18.2 Å². The molecule has 1 fully saturated rings. The summed E-state index contributed by atoms with van der Waals surface area (Å²) >= 11 is 0. The first kappa shape index (κ1) is 9.53. The highest BCUT2D eigenvalue weighted by molar-refractivity contribution is 5.54. The first-order valence-electron chi connectivity index (χ1n) is 5.22. The Balaban J connectivity index is 2.28. The molecule has 0 aromatic heterocycles. The van der Waals surface area contributed by atoms with Crippen LogP contribution < -0.4 is 4.90 Å². The van der Waals surface area contributed by atoms with Gasteiger partial charge in [0.1, 0.15) is 0 Å². The van der Waals surface area contributed by atoms with Crippen LogP contribution >= 0.6 is 0 Å². The Hall–Kier alpha value is -1.02. The highest BCUT2D eigenvalue weighted by Gasteiger charge is 2.25. The summed E-state index contributed by atoms with van der Waals surface area (Å²) in [6, 6.07) is 8.61. The van der Waals surface area contributed by atoms with Crippen LogP contribution in [0.15, 0.2) is 24.3 Å². The van der Waals surface area contributed by atoms with Gasteiger partial charge in [0.15, 0.2) is 0 Å². The molecule has 2 heteroatoms. The molecule has 76 valence electrons. The zero-order chi connectivity index (χ0) is 10.1. The van der Waals surface area contributed by atoms with Crippen molar-refractivity contribution in [2.45, 2.75) is 20.0 Å². The van der Waals surface area contributed by atoms with E-state index in [-0.39, 0.29) is 0 Å². The molecule has 1 atom stereocenters. The van der Waals surface area contributed by atoms with Gasteiger partial charge < -0.3 is 4.90 Å². The Morgan fingerprint density at radius 3 is 2.50 bits per heavy atom. The highest BCUT2D eigenvalue weighted by atomic mass is 15.4. The summed E-state index contributed by atoms with van der Waals surface area (Å²) < 4.78 is 0. The third kappa shape index (κ3) is 1.50. The normalized spacial score (nSPS) is 23.1. The smallest absolute Gasteiger partial charge is 0.0790 e. The van der Waals surface area contributed by atoms with Gasteiger partial charge in [0, 0.05) is 18.8 Å². The fraction of sp³-hybridized carbons (Fsp3) is 0.500. The number of benzene rings is 1. The number of rotatable bonds is 1. The average molecular weight is 190 g/mol. The average Bonchev–Trinajstić information content (AvgIpc) is 2.49. The molecule has 0 aliphatic carbocycles. The lowest BCUT2D eigenvalue weighted by Crippen LogP contribution is -2.34. The highest BCUT2D eigenvalue weighted by Crippen LogP contribution is 2.25. The summed E-state index contributed by atoms with van der Waals surface area (Å²) in [7, 11) is 2.18. The SMILES string of the molecule is Cc1ccccc1N1CCN(C)[C@@H]1C. The largest absolute Gasteiger partial charge is 0.355 e. The predicted molar refractivity (Wildman–Crippen MR) is 60.6 cm³/mol. The molecule has 0 spiro atoms. The molecule has 1 aliphatic rings. The second-order valence-electron chi connectivity index (χ2n) is 4.09. The maximum atomic E-state index is 2.47. The number of likely N-dealkylation sites (N-methyl/N-ethyl adjacent to an activating group) is 1. The number of aryl methyl sites for hydroxylation is 1. The van der Waals surface area contributed by atoms with Gasteiger partial charge in [-0.3, -0.25) is 4.90 Å². The fourth-order valence-electron chi connectivity index (χ4n) is 2.08. The monoisotopic (exact) mass is 190 g/mol. The summed E-state index contributed by atoms with van der Waals surface area (Å²) in [5.41, 5.74) is 2.75. The van der Waals surface area contributed by atoms with E-state index >= 15 is 0 Å². The Bertz CT molecular complexity index is 322. The van der Waals surface area contributed by atoms with Crippen molar-refractivity contribution in [2.75, 3.05) is 25.0 Å². The predicted octanol–water partition coefficient (Wildman–Crippen LogP) is 2.09. The van der Waals surface area contributed by atoms with Crippen molar-refractivity contribution >= 4 is 5.69 Å². The lowest BCUT2D eigenvalue weighted by atomic mass is 10.2. The number of para-hydroxylation sites is 1.